The lowest BCUT2D eigenvalue weighted by Crippen LogP contribution is -2.19. The Morgan fingerprint density at radius 3 is 2.50 bits per heavy atom. The van der Waals surface area contributed by atoms with Crippen molar-refractivity contribution in [2.45, 2.75) is 13.1 Å². The Bertz CT molecular complexity index is 668. The first-order valence-electron chi connectivity index (χ1n) is 5.29. The van der Waals surface area contributed by atoms with Crippen molar-refractivity contribution in [2.75, 3.05) is 0 Å². The van der Waals surface area contributed by atoms with E-state index in [1.165, 1.54) is 29.0 Å². The van der Waals surface area contributed by atoms with Crippen LogP contribution in [0.2, 0.25) is 0 Å². The van der Waals surface area contributed by atoms with Crippen molar-refractivity contribution in [1.29, 1.82) is 0 Å². The summed E-state index contributed by atoms with van der Waals surface area (Å²) in [7, 11) is 0. The number of fused-ring (bicyclic) bond motifs is 1. The fourth-order valence-electron chi connectivity index (χ4n) is 1.84. The maximum absolute atomic E-state index is 12.8. The van der Waals surface area contributed by atoms with Crippen molar-refractivity contribution in [2.24, 2.45) is 0 Å². The minimum Gasteiger partial charge on any atom is -0.284 e. The topological polar surface area (TPSA) is 22.0 Å². The molecule has 2 rings (SSSR count). The summed E-state index contributed by atoms with van der Waals surface area (Å²) < 4.78 is 39.7. The lowest BCUT2D eigenvalue weighted by atomic mass is 10.1. The molecule has 2 nitrogen and oxygen atoms in total. The normalized spacial score (nSPS) is 12.4. The monoisotopic (exact) mass is 253 g/mol. The van der Waals surface area contributed by atoms with Gasteiger partial charge in [-0.1, -0.05) is 24.3 Å². The average molecular weight is 253 g/mol. The quantitative estimate of drug-likeness (QED) is 0.762. The van der Waals surface area contributed by atoms with E-state index in [9.17, 15) is 18.0 Å². The third kappa shape index (κ3) is 2.03. The number of aromatic nitrogens is 1. The molecule has 5 heteroatoms. The summed E-state index contributed by atoms with van der Waals surface area (Å²) in [5.74, 6) is 0. The van der Waals surface area contributed by atoms with E-state index in [1.807, 2.05) is 0 Å². The second-order valence-corrected chi connectivity index (χ2v) is 3.76. The Morgan fingerprint density at radius 1 is 1.22 bits per heavy atom. The Balaban J connectivity index is 2.95. The zero-order valence-electron chi connectivity index (χ0n) is 9.53. The van der Waals surface area contributed by atoms with Crippen molar-refractivity contribution < 1.29 is 13.2 Å². The molecule has 1 aromatic carbocycles. The fraction of sp³-hybridized carbons (Fsp3) is 0.154. The van der Waals surface area contributed by atoms with Crippen LogP contribution in [0, 0.1) is 0 Å². The molecule has 18 heavy (non-hydrogen) atoms. The van der Waals surface area contributed by atoms with Crippen molar-refractivity contribution in [3.8, 4) is 0 Å². The molecule has 0 amide bonds. The van der Waals surface area contributed by atoms with Gasteiger partial charge >= 0.3 is 6.18 Å². The zero-order chi connectivity index (χ0) is 13.3. The maximum Gasteiger partial charge on any atom is 0.417 e. The van der Waals surface area contributed by atoms with Crippen LogP contribution in [0.4, 0.5) is 13.2 Å². The first-order chi connectivity index (χ1) is 8.45. The zero-order valence-corrected chi connectivity index (χ0v) is 9.53. The van der Waals surface area contributed by atoms with Crippen molar-refractivity contribution in [3.63, 3.8) is 0 Å². The lowest BCUT2D eigenvalue weighted by molar-refractivity contribution is -0.136. The number of hydrogen-bond acceptors (Lipinski definition) is 1. The van der Waals surface area contributed by atoms with Gasteiger partial charge in [0.25, 0.3) is 5.56 Å². The van der Waals surface area contributed by atoms with E-state index in [0.29, 0.717) is 6.07 Å². The molecule has 94 valence electrons. The predicted octanol–water partition coefficient (Wildman–Crippen LogP) is 3.51. The van der Waals surface area contributed by atoms with Gasteiger partial charge in [0.2, 0.25) is 0 Å². The Labute approximate surface area is 101 Å². The molecule has 0 saturated carbocycles. The minimum absolute atomic E-state index is 0.0164. The standard InChI is InChI=1S/C13H10F3NO/c1-2-7-17-11-6-4-3-5-9(11)10(8-12(17)18)13(14,15)16/h2-8H,1H3. The summed E-state index contributed by atoms with van der Waals surface area (Å²) in [6.07, 6.45) is -1.49. The van der Waals surface area contributed by atoms with Gasteiger partial charge in [0.1, 0.15) is 0 Å². The number of halogens is 3. The van der Waals surface area contributed by atoms with E-state index < -0.39 is 17.3 Å². The maximum atomic E-state index is 12.8. The molecule has 0 aliphatic heterocycles. The highest BCUT2D eigenvalue weighted by Crippen LogP contribution is 2.33. The van der Waals surface area contributed by atoms with Crippen LogP contribution < -0.4 is 5.56 Å². The number of nitrogens with zero attached hydrogens (tertiary/aromatic N) is 1. The van der Waals surface area contributed by atoms with Crippen LogP contribution >= 0.6 is 0 Å². The van der Waals surface area contributed by atoms with Crippen molar-refractivity contribution in [1.82, 2.24) is 4.57 Å². The van der Waals surface area contributed by atoms with Gasteiger partial charge in [0, 0.05) is 17.7 Å². The SMILES string of the molecule is CC=Cn1c(=O)cc(C(F)(F)F)c2ccccc21. The molecule has 1 heterocycles. The molecule has 1 aromatic heterocycles. The molecule has 0 fully saturated rings. The number of alkyl halides is 3. The van der Waals surface area contributed by atoms with Gasteiger partial charge in [-0.3, -0.25) is 9.36 Å². The summed E-state index contributed by atoms with van der Waals surface area (Å²) >= 11 is 0. The number of benzene rings is 1. The molecule has 0 spiro atoms. The van der Waals surface area contributed by atoms with Gasteiger partial charge < -0.3 is 0 Å². The third-order valence-corrected chi connectivity index (χ3v) is 2.56. The second-order valence-electron chi connectivity index (χ2n) is 3.76. The summed E-state index contributed by atoms with van der Waals surface area (Å²) in [5.41, 5.74) is -1.35. The molecule has 0 aliphatic rings. The summed E-state index contributed by atoms with van der Waals surface area (Å²) in [6.45, 7) is 1.69. The first-order valence-corrected chi connectivity index (χ1v) is 5.29. The highest BCUT2D eigenvalue weighted by Gasteiger charge is 2.33. The number of para-hydroxylation sites is 1. The average Bonchev–Trinajstić information content (AvgIpc) is 2.31. The highest BCUT2D eigenvalue weighted by molar-refractivity contribution is 5.84. The van der Waals surface area contributed by atoms with Crippen LogP contribution in [0.5, 0.6) is 0 Å². The number of hydrogen-bond donors (Lipinski definition) is 0. The molecular formula is C13H10F3NO. The van der Waals surface area contributed by atoms with Crippen LogP contribution in [0.25, 0.3) is 17.1 Å². The molecular weight excluding hydrogens is 243 g/mol. The molecule has 0 N–H and O–H groups in total. The predicted molar refractivity (Wildman–Crippen MR) is 64.2 cm³/mol. The Morgan fingerprint density at radius 2 is 1.89 bits per heavy atom. The Hall–Kier alpha value is -2.04. The van der Waals surface area contributed by atoms with Gasteiger partial charge in [-0.2, -0.15) is 13.2 Å². The molecule has 2 aromatic rings. The van der Waals surface area contributed by atoms with Gasteiger partial charge in [-0.15, -0.1) is 0 Å². The van der Waals surface area contributed by atoms with Crippen LogP contribution in [0.15, 0.2) is 41.2 Å². The highest BCUT2D eigenvalue weighted by atomic mass is 19.4. The minimum atomic E-state index is -4.53. The second kappa shape index (κ2) is 4.33. The number of pyridine rings is 1. The molecule has 0 bridgehead atoms. The Kier molecular flexibility index (Phi) is 2.98. The van der Waals surface area contributed by atoms with Crippen molar-refractivity contribution in [3.05, 3.63) is 52.3 Å². The molecule has 0 unspecified atom stereocenters. The van der Waals surface area contributed by atoms with E-state index in [4.69, 9.17) is 0 Å². The lowest BCUT2D eigenvalue weighted by Gasteiger charge is -2.12. The summed E-state index contributed by atoms with van der Waals surface area (Å²) in [5, 5.41) is 0.0164. The number of rotatable bonds is 1. The molecule has 0 aliphatic carbocycles. The van der Waals surface area contributed by atoms with E-state index in [0.717, 1.165) is 0 Å². The van der Waals surface area contributed by atoms with Crippen LogP contribution in [0.1, 0.15) is 12.5 Å². The summed E-state index contributed by atoms with van der Waals surface area (Å²) in [4.78, 5) is 11.7. The smallest absolute Gasteiger partial charge is 0.284 e. The van der Waals surface area contributed by atoms with E-state index in [1.54, 1.807) is 19.1 Å². The van der Waals surface area contributed by atoms with Gasteiger partial charge in [0.15, 0.2) is 0 Å². The molecule has 0 radical (unpaired) electrons. The molecule has 0 saturated heterocycles. The van der Waals surface area contributed by atoms with Crippen LogP contribution in [-0.4, -0.2) is 4.57 Å². The van der Waals surface area contributed by atoms with Gasteiger partial charge in [-0.25, -0.2) is 0 Å². The van der Waals surface area contributed by atoms with Gasteiger partial charge in [-0.05, 0) is 13.0 Å². The van der Waals surface area contributed by atoms with E-state index in [-0.39, 0.29) is 10.9 Å². The largest absolute Gasteiger partial charge is 0.417 e. The third-order valence-electron chi connectivity index (χ3n) is 2.56. The number of allylic oxidation sites excluding steroid dienone is 1. The van der Waals surface area contributed by atoms with E-state index in [2.05, 4.69) is 0 Å². The summed E-state index contributed by atoms with van der Waals surface area (Å²) in [6, 6.07) is 6.59. The van der Waals surface area contributed by atoms with Crippen LogP contribution in [0.3, 0.4) is 0 Å². The van der Waals surface area contributed by atoms with Crippen LogP contribution in [-0.2, 0) is 6.18 Å². The van der Waals surface area contributed by atoms with Gasteiger partial charge in [0.05, 0.1) is 11.1 Å². The first kappa shape index (κ1) is 12.4. The molecule has 0 atom stereocenters. The van der Waals surface area contributed by atoms with E-state index >= 15 is 0 Å². The fourth-order valence-corrected chi connectivity index (χ4v) is 1.84. The van der Waals surface area contributed by atoms with Crippen molar-refractivity contribution >= 4 is 17.1 Å².